The first kappa shape index (κ1) is 22.3. The van der Waals surface area contributed by atoms with Crippen LogP contribution in [0.3, 0.4) is 0 Å². The van der Waals surface area contributed by atoms with Crippen LogP contribution in [0.15, 0.2) is 30.3 Å². The molecule has 1 aliphatic heterocycles. The van der Waals surface area contributed by atoms with E-state index in [1.807, 2.05) is 6.07 Å². The number of rotatable bonds is 7. The van der Waals surface area contributed by atoms with Crippen molar-refractivity contribution in [2.75, 3.05) is 24.6 Å². The van der Waals surface area contributed by atoms with Crippen LogP contribution in [-0.2, 0) is 19.4 Å². The molecule has 1 saturated heterocycles. The van der Waals surface area contributed by atoms with E-state index >= 15 is 0 Å². The zero-order valence-electron chi connectivity index (χ0n) is 16.9. The fourth-order valence-corrected chi connectivity index (χ4v) is 5.70. The largest absolute Gasteiger partial charge is 0.354 e. The van der Waals surface area contributed by atoms with Gasteiger partial charge in [-0.25, -0.2) is 8.42 Å². The first-order valence-corrected chi connectivity index (χ1v) is 12.3. The zero-order valence-corrected chi connectivity index (χ0v) is 17.7. The highest BCUT2D eigenvalue weighted by Gasteiger charge is 2.32. The Morgan fingerprint density at radius 3 is 2.27 bits per heavy atom. The quantitative estimate of drug-likeness (QED) is 0.580. The molecule has 9 heteroatoms. The Balaban J connectivity index is 1.31. The monoisotopic (exact) mass is 435 g/mol. The van der Waals surface area contributed by atoms with Crippen molar-refractivity contribution in [2.24, 2.45) is 11.8 Å². The van der Waals surface area contributed by atoms with Gasteiger partial charge >= 0.3 is 0 Å². The minimum absolute atomic E-state index is 0.0426. The predicted octanol–water partition coefficient (Wildman–Crippen LogP) is 0.642. The molecule has 0 radical (unpaired) electrons. The average molecular weight is 436 g/mol. The Kier molecular flexibility index (Phi) is 7.47. The van der Waals surface area contributed by atoms with Crippen LogP contribution < -0.4 is 16.0 Å². The molecule has 3 amide bonds. The summed E-state index contributed by atoms with van der Waals surface area (Å²) in [5.74, 6) is -0.172. The van der Waals surface area contributed by atoms with Gasteiger partial charge in [-0.2, -0.15) is 0 Å². The van der Waals surface area contributed by atoms with Crippen LogP contribution in [0.4, 0.5) is 0 Å². The smallest absolute Gasteiger partial charge is 0.251 e. The number of carbonyl (C=O) groups is 3. The molecule has 3 rings (SSSR count). The second kappa shape index (κ2) is 10.1. The van der Waals surface area contributed by atoms with Gasteiger partial charge in [0.15, 0.2) is 9.84 Å². The molecule has 8 nitrogen and oxygen atoms in total. The van der Waals surface area contributed by atoms with Gasteiger partial charge in [0.1, 0.15) is 0 Å². The number of sulfone groups is 1. The van der Waals surface area contributed by atoms with Crippen LogP contribution in [0.5, 0.6) is 0 Å². The van der Waals surface area contributed by atoms with Gasteiger partial charge in [-0.3, -0.25) is 14.4 Å². The number of carbonyl (C=O) groups excluding carboxylic acids is 3. The second-order valence-corrected chi connectivity index (χ2v) is 10.4. The molecule has 3 N–H and O–H groups in total. The fraction of sp³-hybridized carbons (Fsp3) is 0.571. The van der Waals surface area contributed by atoms with Crippen LogP contribution in [-0.4, -0.2) is 56.8 Å². The van der Waals surface area contributed by atoms with E-state index in [2.05, 4.69) is 16.0 Å². The Labute approximate surface area is 177 Å². The molecular formula is C21H29N3O5S. The lowest BCUT2D eigenvalue weighted by atomic mass is 9.81. The summed E-state index contributed by atoms with van der Waals surface area (Å²) in [6, 6.07) is 8.47. The van der Waals surface area contributed by atoms with Crippen LogP contribution in [0, 0.1) is 11.8 Å². The molecule has 1 saturated carbocycles. The molecule has 0 unspecified atom stereocenters. The van der Waals surface area contributed by atoms with Crippen molar-refractivity contribution in [2.45, 2.75) is 38.1 Å². The summed E-state index contributed by atoms with van der Waals surface area (Å²) in [4.78, 5) is 36.3. The van der Waals surface area contributed by atoms with Crippen LogP contribution in [0.25, 0.3) is 0 Å². The van der Waals surface area contributed by atoms with E-state index in [0.29, 0.717) is 24.4 Å². The van der Waals surface area contributed by atoms with Gasteiger partial charge in [0.25, 0.3) is 5.91 Å². The maximum atomic E-state index is 12.4. The first-order chi connectivity index (χ1) is 14.3. The summed E-state index contributed by atoms with van der Waals surface area (Å²) in [5, 5.41) is 8.33. The van der Waals surface area contributed by atoms with Crippen LogP contribution >= 0.6 is 0 Å². The van der Waals surface area contributed by atoms with Crippen molar-refractivity contribution >= 4 is 27.6 Å². The van der Waals surface area contributed by atoms with Gasteiger partial charge in [0, 0.05) is 24.1 Å². The summed E-state index contributed by atoms with van der Waals surface area (Å²) in [5.41, 5.74) is 0.511. The first-order valence-electron chi connectivity index (χ1n) is 10.4. The summed E-state index contributed by atoms with van der Waals surface area (Å²) in [7, 11) is -3.00. The normalized spacial score (nSPS) is 25.3. The highest BCUT2D eigenvalue weighted by molar-refractivity contribution is 7.91. The minimum Gasteiger partial charge on any atom is -0.354 e. The highest BCUT2D eigenvalue weighted by Crippen LogP contribution is 2.29. The SMILES string of the molecule is O=C(CNC(=O)c1ccccc1)NCC1CCC(C(=O)N[C@H]2CCS(=O)(=O)C2)CC1. The topological polar surface area (TPSA) is 121 Å². The van der Waals surface area contributed by atoms with E-state index in [1.54, 1.807) is 24.3 Å². The van der Waals surface area contributed by atoms with Crippen molar-refractivity contribution in [1.29, 1.82) is 0 Å². The summed E-state index contributed by atoms with van der Waals surface area (Å²) < 4.78 is 23.0. The maximum absolute atomic E-state index is 12.4. The average Bonchev–Trinajstić information content (AvgIpc) is 3.09. The Bertz CT molecular complexity index is 864. The summed E-state index contributed by atoms with van der Waals surface area (Å²) in [6.07, 6.45) is 3.62. The van der Waals surface area contributed by atoms with Gasteiger partial charge < -0.3 is 16.0 Å². The standard InChI is InChI=1S/C21H29N3O5S/c25-19(13-23-20(26)16-4-2-1-3-5-16)22-12-15-6-8-17(9-7-15)21(27)24-18-10-11-30(28,29)14-18/h1-5,15,17-18H,6-14H2,(H,22,25)(H,23,26)(H,24,27)/t15?,17?,18-/m0/s1. The lowest BCUT2D eigenvalue weighted by molar-refractivity contribution is -0.127. The third kappa shape index (κ3) is 6.55. The molecule has 1 heterocycles. The molecule has 0 aromatic heterocycles. The van der Waals surface area contributed by atoms with E-state index < -0.39 is 9.84 Å². The lowest BCUT2D eigenvalue weighted by Crippen LogP contribution is -2.42. The molecule has 1 aromatic rings. The van der Waals surface area contributed by atoms with Gasteiger partial charge in [0.05, 0.1) is 18.1 Å². The number of hydrogen-bond donors (Lipinski definition) is 3. The summed E-state index contributed by atoms with van der Waals surface area (Å²) in [6.45, 7) is 0.449. The second-order valence-electron chi connectivity index (χ2n) is 8.18. The van der Waals surface area contributed by atoms with E-state index in [-0.39, 0.29) is 47.7 Å². The molecule has 164 valence electrons. The van der Waals surface area contributed by atoms with E-state index in [9.17, 15) is 22.8 Å². The van der Waals surface area contributed by atoms with Gasteiger partial charge in [-0.15, -0.1) is 0 Å². The van der Waals surface area contributed by atoms with E-state index in [0.717, 1.165) is 25.7 Å². The van der Waals surface area contributed by atoms with Crippen molar-refractivity contribution in [3.63, 3.8) is 0 Å². The molecule has 0 bridgehead atoms. The van der Waals surface area contributed by atoms with Crippen LogP contribution in [0.1, 0.15) is 42.5 Å². The third-order valence-corrected chi connectivity index (χ3v) is 7.60. The maximum Gasteiger partial charge on any atom is 0.251 e. The predicted molar refractivity (Wildman–Crippen MR) is 112 cm³/mol. The summed E-state index contributed by atoms with van der Waals surface area (Å²) >= 11 is 0. The number of amides is 3. The Morgan fingerprint density at radius 1 is 0.933 bits per heavy atom. The van der Waals surface area contributed by atoms with Gasteiger partial charge in [-0.05, 0) is 50.2 Å². The van der Waals surface area contributed by atoms with Crippen molar-refractivity contribution in [3.8, 4) is 0 Å². The van der Waals surface area contributed by atoms with Crippen LogP contribution in [0.2, 0.25) is 0 Å². The highest BCUT2D eigenvalue weighted by atomic mass is 32.2. The van der Waals surface area contributed by atoms with E-state index in [4.69, 9.17) is 0 Å². The molecule has 1 aliphatic carbocycles. The lowest BCUT2D eigenvalue weighted by Gasteiger charge is -2.28. The molecule has 2 fully saturated rings. The number of benzene rings is 1. The number of nitrogens with one attached hydrogen (secondary N) is 3. The Morgan fingerprint density at radius 2 is 1.63 bits per heavy atom. The molecule has 30 heavy (non-hydrogen) atoms. The van der Waals surface area contributed by atoms with Crippen molar-refractivity contribution in [1.82, 2.24) is 16.0 Å². The van der Waals surface area contributed by atoms with Crippen molar-refractivity contribution < 1.29 is 22.8 Å². The molecule has 0 spiro atoms. The third-order valence-electron chi connectivity index (χ3n) is 5.83. The Hall–Kier alpha value is -2.42. The number of hydrogen-bond acceptors (Lipinski definition) is 5. The fourth-order valence-electron chi connectivity index (χ4n) is 4.03. The molecule has 1 aromatic carbocycles. The minimum atomic E-state index is -3.00. The molecular weight excluding hydrogens is 406 g/mol. The molecule has 1 atom stereocenters. The molecule has 2 aliphatic rings. The zero-order chi connectivity index (χ0) is 21.6. The van der Waals surface area contributed by atoms with Gasteiger partial charge in [-0.1, -0.05) is 18.2 Å². The van der Waals surface area contributed by atoms with E-state index in [1.165, 1.54) is 0 Å². The van der Waals surface area contributed by atoms with Crippen molar-refractivity contribution in [3.05, 3.63) is 35.9 Å². The van der Waals surface area contributed by atoms with Gasteiger partial charge in [0.2, 0.25) is 11.8 Å².